The monoisotopic (exact) mass is 220 g/mol. The molecule has 88 valence electrons. The van der Waals surface area contributed by atoms with Crippen LogP contribution in [0.25, 0.3) is 0 Å². The zero-order valence-corrected chi connectivity index (χ0v) is 10.4. The van der Waals surface area contributed by atoms with Gasteiger partial charge in [-0.2, -0.15) is 0 Å². The van der Waals surface area contributed by atoms with Crippen LogP contribution in [0, 0.1) is 6.92 Å². The molecule has 2 nitrogen and oxygen atoms in total. The highest BCUT2D eigenvalue weighted by molar-refractivity contribution is 5.38. The van der Waals surface area contributed by atoms with Crippen molar-refractivity contribution in [2.45, 2.75) is 33.8 Å². The summed E-state index contributed by atoms with van der Waals surface area (Å²) in [4.78, 5) is 0. The number of ether oxygens (including phenoxy) is 1. The summed E-state index contributed by atoms with van der Waals surface area (Å²) < 4.78 is 5.63. The van der Waals surface area contributed by atoms with E-state index in [1.54, 1.807) is 6.92 Å². The van der Waals surface area contributed by atoms with Crippen molar-refractivity contribution in [2.75, 3.05) is 6.61 Å². The number of hydrogen-bond donors (Lipinski definition) is 1. The van der Waals surface area contributed by atoms with Crippen LogP contribution in [0.15, 0.2) is 29.8 Å². The van der Waals surface area contributed by atoms with Gasteiger partial charge in [-0.1, -0.05) is 17.2 Å². The van der Waals surface area contributed by atoms with Crippen molar-refractivity contribution < 1.29 is 9.84 Å². The Morgan fingerprint density at radius 1 is 1.44 bits per heavy atom. The molecule has 0 radical (unpaired) electrons. The number of aliphatic hydroxyl groups excluding tert-OH is 1. The molecule has 0 saturated heterocycles. The number of aryl methyl sites for hydroxylation is 1. The van der Waals surface area contributed by atoms with E-state index < -0.39 is 6.10 Å². The first kappa shape index (κ1) is 12.8. The Hall–Kier alpha value is -1.28. The Bertz CT molecular complexity index is 374. The topological polar surface area (TPSA) is 29.5 Å². The van der Waals surface area contributed by atoms with E-state index in [9.17, 15) is 5.11 Å². The van der Waals surface area contributed by atoms with E-state index in [1.165, 1.54) is 5.57 Å². The van der Waals surface area contributed by atoms with E-state index in [0.717, 1.165) is 16.9 Å². The summed E-state index contributed by atoms with van der Waals surface area (Å²) in [5.74, 6) is 0.762. The fourth-order valence-corrected chi connectivity index (χ4v) is 1.42. The van der Waals surface area contributed by atoms with Crippen LogP contribution in [0.3, 0.4) is 0 Å². The molecule has 0 unspecified atom stereocenters. The second-order valence-corrected chi connectivity index (χ2v) is 4.31. The molecule has 0 aromatic heterocycles. The summed E-state index contributed by atoms with van der Waals surface area (Å²) in [6.07, 6.45) is 1.52. The molecule has 0 saturated carbocycles. The maximum absolute atomic E-state index is 9.64. The van der Waals surface area contributed by atoms with Gasteiger partial charge in [0.25, 0.3) is 0 Å². The largest absolute Gasteiger partial charge is 0.489 e. The lowest BCUT2D eigenvalue weighted by Gasteiger charge is -2.13. The lowest BCUT2D eigenvalue weighted by Crippen LogP contribution is -2.01. The van der Waals surface area contributed by atoms with Gasteiger partial charge in [0.15, 0.2) is 0 Å². The van der Waals surface area contributed by atoms with Gasteiger partial charge in [0.05, 0.1) is 6.10 Å². The predicted molar refractivity (Wildman–Crippen MR) is 66.7 cm³/mol. The van der Waals surface area contributed by atoms with Crippen LogP contribution < -0.4 is 4.74 Å². The molecule has 1 atom stereocenters. The Morgan fingerprint density at radius 2 is 2.12 bits per heavy atom. The van der Waals surface area contributed by atoms with Gasteiger partial charge in [0.2, 0.25) is 0 Å². The molecule has 0 fully saturated rings. The Labute approximate surface area is 97.6 Å². The third-order valence-corrected chi connectivity index (χ3v) is 2.35. The van der Waals surface area contributed by atoms with E-state index in [1.807, 2.05) is 45.0 Å². The molecular weight excluding hydrogens is 200 g/mol. The lowest BCUT2D eigenvalue weighted by molar-refractivity contribution is 0.193. The SMILES string of the molecule is CC(C)=CCOc1ccc(C)cc1[C@H](C)O. The highest BCUT2D eigenvalue weighted by Gasteiger charge is 2.08. The first-order valence-corrected chi connectivity index (χ1v) is 5.55. The molecule has 0 spiro atoms. The molecule has 1 N–H and O–H groups in total. The van der Waals surface area contributed by atoms with Gasteiger partial charge in [-0.25, -0.2) is 0 Å². The van der Waals surface area contributed by atoms with Crippen LogP contribution in [0.1, 0.15) is 38.0 Å². The van der Waals surface area contributed by atoms with E-state index in [-0.39, 0.29) is 0 Å². The van der Waals surface area contributed by atoms with Gasteiger partial charge in [-0.3, -0.25) is 0 Å². The quantitative estimate of drug-likeness (QED) is 0.788. The van der Waals surface area contributed by atoms with Gasteiger partial charge in [-0.15, -0.1) is 0 Å². The van der Waals surface area contributed by atoms with Crippen molar-refractivity contribution in [3.8, 4) is 5.75 Å². The van der Waals surface area contributed by atoms with Gasteiger partial charge >= 0.3 is 0 Å². The number of hydrogen-bond acceptors (Lipinski definition) is 2. The van der Waals surface area contributed by atoms with E-state index in [0.29, 0.717) is 6.61 Å². The van der Waals surface area contributed by atoms with Crippen LogP contribution in [0.5, 0.6) is 5.75 Å². The molecule has 0 amide bonds. The Kier molecular flexibility index (Phi) is 4.56. The molecular formula is C14H20O2. The maximum atomic E-state index is 9.64. The molecule has 0 aliphatic rings. The first-order valence-electron chi connectivity index (χ1n) is 5.55. The third-order valence-electron chi connectivity index (χ3n) is 2.35. The summed E-state index contributed by atoms with van der Waals surface area (Å²) in [5, 5.41) is 9.64. The fraction of sp³-hybridized carbons (Fsp3) is 0.429. The fourth-order valence-electron chi connectivity index (χ4n) is 1.42. The number of rotatable bonds is 4. The summed E-state index contributed by atoms with van der Waals surface area (Å²) in [6, 6.07) is 5.86. The highest BCUT2D eigenvalue weighted by atomic mass is 16.5. The van der Waals surface area contributed by atoms with Crippen LogP contribution in [0.2, 0.25) is 0 Å². The minimum absolute atomic E-state index is 0.499. The molecule has 0 heterocycles. The lowest BCUT2D eigenvalue weighted by atomic mass is 10.1. The number of benzene rings is 1. The Balaban J connectivity index is 2.82. The van der Waals surface area contributed by atoms with E-state index in [4.69, 9.17) is 4.74 Å². The molecule has 0 aliphatic heterocycles. The van der Waals surface area contributed by atoms with Crippen molar-refractivity contribution in [1.82, 2.24) is 0 Å². The highest BCUT2D eigenvalue weighted by Crippen LogP contribution is 2.26. The molecule has 2 heteroatoms. The maximum Gasteiger partial charge on any atom is 0.125 e. The summed E-state index contributed by atoms with van der Waals surface area (Å²) in [5.41, 5.74) is 3.21. The molecule has 1 aromatic carbocycles. The van der Waals surface area contributed by atoms with E-state index in [2.05, 4.69) is 0 Å². The molecule has 16 heavy (non-hydrogen) atoms. The zero-order chi connectivity index (χ0) is 12.1. The van der Waals surface area contributed by atoms with Crippen LogP contribution in [0.4, 0.5) is 0 Å². The molecule has 1 rings (SSSR count). The van der Waals surface area contributed by atoms with Crippen molar-refractivity contribution in [3.63, 3.8) is 0 Å². The van der Waals surface area contributed by atoms with Gasteiger partial charge < -0.3 is 9.84 Å². The number of allylic oxidation sites excluding steroid dienone is 1. The summed E-state index contributed by atoms with van der Waals surface area (Å²) >= 11 is 0. The van der Waals surface area contributed by atoms with Crippen molar-refractivity contribution >= 4 is 0 Å². The standard InChI is InChI=1S/C14H20O2/c1-10(2)7-8-16-14-6-5-11(3)9-13(14)12(4)15/h5-7,9,12,15H,8H2,1-4H3/t12-/m0/s1. The summed E-state index contributed by atoms with van der Waals surface area (Å²) in [6.45, 7) is 8.38. The zero-order valence-electron chi connectivity index (χ0n) is 10.4. The van der Waals surface area contributed by atoms with Crippen molar-refractivity contribution in [2.24, 2.45) is 0 Å². The minimum Gasteiger partial charge on any atom is -0.489 e. The van der Waals surface area contributed by atoms with Crippen molar-refractivity contribution in [3.05, 3.63) is 41.0 Å². The van der Waals surface area contributed by atoms with Crippen molar-refractivity contribution in [1.29, 1.82) is 0 Å². The van der Waals surface area contributed by atoms with E-state index >= 15 is 0 Å². The predicted octanol–water partition coefficient (Wildman–Crippen LogP) is 3.39. The normalized spacial score (nSPS) is 12.1. The second kappa shape index (κ2) is 5.71. The van der Waals surface area contributed by atoms with Crippen LogP contribution in [-0.4, -0.2) is 11.7 Å². The third kappa shape index (κ3) is 3.70. The number of aliphatic hydroxyl groups is 1. The molecule has 0 aliphatic carbocycles. The van der Waals surface area contributed by atoms with Crippen LogP contribution >= 0.6 is 0 Å². The van der Waals surface area contributed by atoms with Gasteiger partial charge in [0, 0.05) is 5.56 Å². The smallest absolute Gasteiger partial charge is 0.125 e. The molecule has 0 bridgehead atoms. The first-order chi connectivity index (χ1) is 7.50. The molecule has 1 aromatic rings. The van der Waals surface area contributed by atoms with Gasteiger partial charge in [-0.05, 0) is 45.9 Å². The summed E-state index contributed by atoms with van der Waals surface area (Å²) in [7, 11) is 0. The average Bonchev–Trinajstić information content (AvgIpc) is 2.19. The van der Waals surface area contributed by atoms with Crippen LogP contribution in [-0.2, 0) is 0 Å². The average molecular weight is 220 g/mol. The van der Waals surface area contributed by atoms with Gasteiger partial charge in [0.1, 0.15) is 12.4 Å². The Morgan fingerprint density at radius 3 is 2.69 bits per heavy atom. The minimum atomic E-state index is -0.499. The second-order valence-electron chi connectivity index (χ2n) is 4.31.